The average Bonchev–Trinajstić information content (AvgIpc) is 2.76. The first kappa shape index (κ1) is 23.2. The molecule has 1 saturated heterocycles. The maximum atomic E-state index is 11.8. The lowest BCUT2D eigenvalue weighted by Crippen LogP contribution is -2.24. The van der Waals surface area contributed by atoms with Gasteiger partial charge in [0.05, 0.1) is 20.1 Å². The van der Waals surface area contributed by atoms with Crippen molar-refractivity contribution in [1.82, 2.24) is 0 Å². The molecule has 1 atom stereocenters. The highest BCUT2D eigenvalue weighted by molar-refractivity contribution is 5.93. The van der Waals surface area contributed by atoms with E-state index < -0.39 is 24.2 Å². The van der Waals surface area contributed by atoms with Crippen LogP contribution in [0.2, 0.25) is 0 Å². The fourth-order valence-corrected chi connectivity index (χ4v) is 2.53. The molecular weight excluding hydrogens is 392 g/mol. The topological polar surface area (TPSA) is 97.4 Å². The third-order valence-corrected chi connectivity index (χ3v) is 4.14. The summed E-state index contributed by atoms with van der Waals surface area (Å²) in [6.45, 7) is 4.25. The Hall–Kier alpha value is -3.13. The first-order valence-corrected chi connectivity index (χ1v) is 9.63. The lowest BCUT2D eigenvalue weighted by Gasteiger charge is -2.21. The molecule has 1 aliphatic heterocycles. The molecule has 0 N–H and O–H groups in total. The summed E-state index contributed by atoms with van der Waals surface area (Å²) >= 11 is 0. The zero-order chi connectivity index (χ0) is 21.8. The highest BCUT2D eigenvalue weighted by Crippen LogP contribution is 2.15. The molecule has 1 heterocycles. The zero-order valence-corrected chi connectivity index (χ0v) is 17.0. The molecule has 1 aromatic carbocycles. The fourth-order valence-electron chi connectivity index (χ4n) is 2.53. The van der Waals surface area contributed by atoms with Crippen LogP contribution in [-0.4, -0.2) is 51.1 Å². The predicted octanol–water partition coefficient (Wildman–Crippen LogP) is 2.81. The normalized spacial score (nSPS) is 16.0. The van der Waals surface area contributed by atoms with E-state index in [1.165, 1.54) is 13.2 Å². The molecule has 0 saturated carbocycles. The van der Waals surface area contributed by atoms with Gasteiger partial charge in [0.15, 0.2) is 0 Å². The summed E-state index contributed by atoms with van der Waals surface area (Å²) in [7, 11) is 1.23. The van der Waals surface area contributed by atoms with E-state index in [4.69, 9.17) is 18.9 Å². The van der Waals surface area contributed by atoms with Gasteiger partial charge in [-0.25, -0.2) is 9.59 Å². The van der Waals surface area contributed by atoms with Gasteiger partial charge in [0.25, 0.3) is 0 Å². The van der Waals surface area contributed by atoms with Gasteiger partial charge in [0.1, 0.15) is 19.0 Å². The number of carbonyl (C=O) groups is 3. The fraction of sp³-hybridized carbons (Fsp3) is 0.409. The average molecular weight is 418 g/mol. The molecule has 0 aliphatic carbocycles. The molecular formula is C22H26O8. The number of methoxy groups -OCH3 is 1. The molecule has 1 aliphatic rings. The van der Waals surface area contributed by atoms with Gasteiger partial charge in [-0.05, 0) is 36.6 Å². The minimum absolute atomic E-state index is 0.00968. The number of ether oxygens (including phenoxy) is 5. The molecule has 0 amide bonds. The summed E-state index contributed by atoms with van der Waals surface area (Å²) in [5.41, 5.74) is 0.820. The van der Waals surface area contributed by atoms with Gasteiger partial charge in [-0.1, -0.05) is 18.7 Å². The van der Waals surface area contributed by atoms with Gasteiger partial charge in [0, 0.05) is 18.1 Å². The Morgan fingerprint density at radius 1 is 1.17 bits per heavy atom. The van der Waals surface area contributed by atoms with Gasteiger partial charge in [-0.15, -0.1) is 0 Å². The van der Waals surface area contributed by atoms with Crippen LogP contribution in [0, 0.1) is 0 Å². The highest BCUT2D eigenvalue weighted by Gasteiger charge is 2.16. The molecule has 0 aromatic heterocycles. The van der Waals surface area contributed by atoms with Crippen LogP contribution in [0.4, 0.5) is 0 Å². The van der Waals surface area contributed by atoms with Gasteiger partial charge >= 0.3 is 17.9 Å². The summed E-state index contributed by atoms with van der Waals surface area (Å²) in [4.78, 5) is 34.6. The summed E-state index contributed by atoms with van der Waals surface area (Å²) in [6.07, 6.45) is 5.03. The molecule has 0 bridgehead atoms. The standard InChI is InChI=1S/C22H26O8/c1-16(15-20(24)26-2)22(25)29-14-13-27-18-9-6-17(7-10-18)8-11-19(23)30-21-5-3-4-12-28-21/h6-11,21H,1,3-5,12-15H2,2H3/b11-8+. The second-order valence-corrected chi connectivity index (χ2v) is 6.48. The maximum absolute atomic E-state index is 11.8. The Balaban J connectivity index is 1.67. The third kappa shape index (κ3) is 8.48. The molecule has 1 aromatic rings. The first-order chi connectivity index (χ1) is 14.5. The van der Waals surface area contributed by atoms with Crippen molar-refractivity contribution in [3.8, 4) is 5.75 Å². The van der Waals surface area contributed by atoms with Crippen molar-refractivity contribution in [2.45, 2.75) is 32.0 Å². The monoisotopic (exact) mass is 418 g/mol. The molecule has 162 valence electrons. The van der Waals surface area contributed by atoms with Crippen molar-refractivity contribution in [3.05, 3.63) is 48.1 Å². The van der Waals surface area contributed by atoms with Gasteiger partial charge < -0.3 is 23.7 Å². The predicted molar refractivity (Wildman–Crippen MR) is 107 cm³/mol. The van der Waals surface area contributed by atoms with Crippen molar-refractivity contribution >= 4 is 24.0 Å². The van der Waals surface area contributed by atoms with Gasteiger partial charge in [-0.3, -0.25) is 4.79 Å². The van der Waals surface area contributed by atoms with E-state index in [2.05, 4.69) is 11.3 Å². The van der Waals surface area contributed by atoms with E-state index in [1.54, 1.807) is 30.3 Å². The van der Waals surface area contributed by atoms with Crippen LogP contribution in [0.1, 0.15) is 31.2 Å². The SMILES string of the molecule is C=C(CC(=O)OC)C(=O)OCCOc1ccc(/C=C/C(=O)OC2CCCCO2)cc1. The Kier molecular flexibility index (Phi) is 9.60. The summed E-state index contributed by atoms with van der Waals surface area (Å²) < 4.78 is 25.5. The largest absolute Gasteiger partial charge is 0.490 e. The van der Waals surface area contributed by atoms with Crippen LogP contribution in [0.3, 0.4) is 0 Å². The molecule has 2 rings (SSSR count). The van der Waals surface area contributed by atoms with Crippen LogP contribution in [0.25, 0.3) is 6.08 Å². The van der Waals surface area contributed by atoms with Crippen molar-refractivity contribution in [1.29, 1.82) is 0 Å². The van der Waals surface area contributed by atoms with Crippen molar-refractivity contribution < 1.29 is 38.1 Å². The number of esters is 3. The van der Waals surface area contributed by atoms with E-state index in [0.29, 0.717) is 12.4 Å². The van der Waals surface area contributed by atoms with Gasteiger partial charge in [-0.2, -0.15) is 0 Å². The van der Waals surface area contributed by atoms with E-state index >= 15 is 0 Å². The number of carbonyl (C=O) groups excluding carboxylic acids is 3. The molecule has 0 spiro atoms. The lowest BCUT2D eigenvalue weighted by atomic mass is 10.2. The smallest absolute Gasteiger partial charge is 0.334 e. The third-order valence-electron chi connectivity index (χ3n) is 4.14. The molecule has 1 fully saturated rings. The Bertz CT molecular complexity index is 760. The van der Waals surface area contributed by atoms with E-state index in [0.717, 1.165) is 24.8 Å². The maximum Gasteiger partial charge on any atom is 0.334 e. The van der Waals surface area contributed by atoms with E-state index in [1.807, 2.05) is 0 Å². The lowest BCUT2D eigenvalue weighted by molar-refractivity contribution is -0.181. The minimum Gasteiger partial charge on any atom is -0.490 e. The van der Waals surface area contributed by atoms with Crippen LogP contribution in [-0.2, 0) is 33.3 Å². The number of hydrogen-bond donors (Lipinski definition) is 0. The van der Waals surface area contributed by atoms with Crippen molar-refractivity contribution in [3.63, 3.8) is 0 Å². The number of benzene rings is 1. The van der Waals surface area contributed by atoms with Crippen molar-refractivity contribution in [2.75, 3.05) is 26.9 Å². The highest BCUT2D eigenvalue weighted by atomic mass is 16.7. The quantitative estimate of drug-likeness (QED) is 0.248. The molecule has 0 radical (unpaired) electrons. The Labute approximate surface area is 175 Å². The summed E-state index contributed by atoms with van der Waals surface area (Å²) in [5, 5.41) is 0. The van der Waals surface area contributed by atoms with Gasteiger partial charge in [0.2, 0.25) is 6.29 Å². The Morgan fingerprint density at radius 3 is 2.60 bits per heavy atom. The number of hydrogen-bond acceptors (Lipinski definition) is 8. The summed E-state index contributed by atoms with van der Waals surface area (Å²) in [5.74, 6) is -1.10. The summed E-state index contributed by atoms with van der Waals surface area (Å²) in [6, 6.07) is 7.02. The van der Waals surface area contributed by atoms with Crippen LogP contribution in [0.15, 0.2) is 42.5 Å². The number of rotatable bonds is 10. The van der Waals surface area contributed by atoms with Crippen molar-refractivity contribution in [2.24, 2.45) is 0 Å². The van der Waals surface area contributed by atoms with Crippen LogP contribution in [0.5, 0.6) is 5.75 Å². The molecule has 30 heavy (non-hydrogen) atoms. The minimum atomic E-state index is -0.671. The van der Waals surface area contributed by atoms with Crippen LogP contribution < -0.4 is 4.74 Å². The molecule has 8 nitrogen and oxygen atoms in total. The molecule has 1 unspecified atom stereocenters. The second kappa shape index (κ2) is 12.4. The first-order valence-electron chi connectivity index (χ1n) is 9.63. The van der Waals surface area contributed by atoms with Crippen LogP contribution >= 0.6 is 0 Å². The zero-order valence-electron chi connectivity index (χ0n) is 17.0. The van der Waals surface area contributed by atoms with E-state index in [9.17, 15) is 14.4 Å². The van der Waals surface area contributed by atoms with E-state index in [-0.39, 0.29) is 25.2 Å². The molecule has 8 heteroatoms. The Morgan fingerprint density at radius 2 is 1.93 bits per heavy atom. The second-order valence-electron chi connectivity index (χ2n) is 6.48.